The Morgan fingerprint density at radius 1 is 0.905 bits per heavy atom. The molecule has 0 unspecified atom stereocenters. The smallest absolute Gasteiger partial charge is 0.254 e. The van der Waals surface area contributed by atoms with Crippen LogP contribution in [0.5, 0.6) is 5.75 Å². The highest BCUT2D eigenvalue weighted by Gasteiger charge is 2.18. The molecule has 0 radical (unpaired) electrons. The zero-order chi connectivity index (χ0) is 14.7. The number of hydrogen-bond acceptors (Lipinski definition) is 3. The zero-order valence-electron chi connectivity index (χ0n) is 11.7. The molecule has 108 valence electrons. The van der Waals surface area contributed by atoms with Gasteiger partial charge in [0, 0.05) is 18.7 Å². The first kappa shape index (κ1) is 13.6. The van der Waals surface area contributed by atoms with Crippen molar-refractivity contribution in [2.75, 3.05) is 26.3 Å². The minimum absolute atomic E-state index is 0.0514. The van der Waals surface area contributed by atoms with Crippen molar-refractivity contribution in [1.29, 1.82) is 0 Å². The summed E-state index contributed by atoms with van der Waals surface area (Å²) in [5.41, 5.74) is 2.73. The lowest BCUT2D eigenvalue weighted by molar-refractivity contribution is 0.0303. The number of aromatic hydroxyl groups is 1. The van der Waals surface area contributed by atoms with Gasteiger partial charge in [0.15, 0.2) is 0 Å². The number of carbonyl (C=O) groups excluding carboxylic acids is 1. The molecule has 0 atom stereocenters. The van der Waals surface area contributed by atoms with Crippen molar-refractivity contribution in [3.8, 4) is 16.9 Å². The topological polar surface area (TPSA) is 49.8 Å². The minimum Gasteiger partial charge on any atom is -0.508 e. The summed E-state index contributed by atoms with van der Waals surface area (Å²) < 4.78 is 5.26. The number of nitrogens with zero attached hydrogens (tertiary/aromatic N) is 1. The summed E-state index contributed by atoms with van der Waals surface area (Å²) in [6.07, 6.45) is 0. The highest BCUT2D eigenvalue weighted by molar-refractivity contribution is 5.94. The van der Waals surface area contributed by atoms with Crippen molar-refractivity contribution in [1.82, 2.24) is 4.90 Å². The summed E-state index contributed by atoms with van der Waals surface area (Å²) in [6.45, 7) is 2.52. The Morgan fingerprint density at radius 2 is 1.43 bits per heavy atom. The van der Waals surface area contributed by atoms with Crippen LogP contribution in [0.2, 0.25) is 0 Å². The molecule has 1 heterocycles. The Labute approximate surface area is 123 Å². The lowest BCUT2D eigenvalue weighted by Gasteiger charge is -2.26. The SMILES string of the molecule is O=C(c1ccc(-c2ccc(O)cc2)cc1)N1CCOCC1. The molecule has 4 nitrogen and oxygen atoms in total. The zero-order valence-corrected chi connectivity index (χ0v) is 11.7. The van der Waals surface area contributed by atoms with Crippen molar-refractivity contribution in [3.05, 3.63) is 54.1 Å². The van der Waals surface area contributed by atoms with Crippen molar-refractivity contribution in [2.45, 2.75) is 0 Å². The van der Waals surface area contributed by atoms with Crippen molar-refractivity contribution in [2.24, 2.45) is 0 Å². The van der Waals surface area contributed by atoms with Crippen LogP contribution < -0.4 is 0 Å². The molecule has 3 rings (SSSR count). The van der Waals surface area contributed by atoms with E-state index in [1.807, 2.05) is 41.3 Å². The predicted molar refractivity (Wildman–Crippen MR) is 80.3 cm³/mol. The van der Waals surface area contributed by atoms with E-state index >= 15 is 0 Å². The number of ether oxygens (including phenoxy) is 1. The molecule has 2 aromatic rings. The molecule has 0 aromatic heterocycles. The largest absolute Gasteiger partial charge is 0.508 e. The molecule has 0 saturated carbocycles. The lowest BCUT2D eigenvalue weighted by Crippen LogP contribution is -2.40. The maximum absolute atomic E-state index is 12.3. The summed E-state index contributed by atoms with van der Waals surface area (Å²) in [5, 5.41) is 9.30. The van der Waals surface area contributed by atoms with Crippen molar-refractivity contribution >= 4 is 5.91 Å². The normalized spacial score (nSPS) is 15.0. The van der Waals surface area contributed by atoms with E-state index in [1.54, 1.807) is 12.1 Å². The second kappa shape index (κ2) is 5.97. The Hall–Kier alpha value is -2.33. The van der Waals surface area contributed by atoms with Gasteiger partial charge in [-0.1, -0.05) is 24.3 Å². The van der Waals surface area contributed by atoms with E-state index in [2.05, 4.69) is 0 Å². The van der Waals surface area contributed by atoms with Crippen LogP contribution in [0.1, 0.15) is 10.4 Å². The van der Waals surface area contributed by atoms with E-state index in [9.17, 15) is 9.90 Å². The molecule has 1 aliphatic heterocycles. The van der Waals surface area contributed by atoms with Crippen LogP contribution in [0.25, 0.3) is 11.1 Å². The van der Waals surface area contributed by atoms with Gasteiger partial charge in [-0.05, 0) is 35.4 Å². The molecule has 1 fully saturated rings. The van der Waals surface area contributed by atoms with Gasteiger partial charge in [0.25, 0.3) is 5.91 Å². The highest BCUT2D eigenvalue weighted by Crippen LogP contribution is 2.22. The van der Waals surface area contributed by atoms with Crippen molar-refractivity contribution in [3.63, 3.8) is 0 Å². The first-order valence-corrected chi connectivity index (χ1v) is 7.00. The maximum atomic E-state index is 12.3. The summed E-state index contributed by atoms with van der Waals surface area (Å²) in [6, 6.07) is 14.6. The Morgan fingerprint density at radius 3 is 2.00 bits per heavy atom. The van der Waals surface area contributed by atoms with Crippen LogP contribution in [-0.2, 0) is 4.74 Å². The van der Waals surface area contributed by atoms with Crippen LogP contribution in [0.4, 0.5) is 0 Å². The standard InChI is InChI=1S/C17H17NO3/c19-16-7-5-14(6-8-16)13-1-3-15(4-2-13)17(20)18-9-11-21-12-10-18/h1-8,19H,9-12H2. The number of carbonyl (C=O) groups is 1. The van der Waals surface area contributed by atoms with E-state index in [4.69, 9.17) is 4.74 Å². The van der Waals surface area contributed by atoms with E-state index in [-0.39, 0.29) is 11.7 Å². The molecule has 1 N–H and O–H groups in total. The molecule has 1 aliphatic rings. The van der Waals surface area contributed by atoms with Gasteiger partial charge < -0.3 is 14.7 Å². The number of rotatable bonds is 2. The molecule has 1 amide bonds. The second-order valence-electron chi connectivity index (χ2n) is 5.03. The Bertz CT molecular complexity index is 613. The Balaban J connectivity index is 1.77. The van der Waals surface area contributed by atoms with Gasteiger partial charge in [-0.3, -0.25) is 4.79 Å². The molecular formula is C17H17NO3. The lowest BCUT2D eigenvalue weighted by atomic mass is 10.0. The minimum atomic E-state index is 0.0514. The van der Waals surface area contributed by atoms with E-state index in [0.29, 0.717) is 31.9 Å². The van der Waals surface area contributed by atoms with Crippen LogP contribution in [0.15, 0.2) is 48.5 Å². The van der Waals surface area contributed by atoms with Gasteiger partial charge in [0.05, 0.1) is 13.2 Å². The number of phenolic OH excluding ortho intramolecular Hbond substituents is 1. The molecule has 0 spiro atoms. The van der Waals surface area contributed by atoms with E-state index < -0.39 is 0 Å². The van der Waals surface area contributed by atoms with Gasteiger partial charge in [0.2, 0.25) is 0 Å². The van der Waals surface area contributed by atoms with Crippen LogP contribution in [-0.4, -0.2) is 42.2 Å². The number of amides is 1. The predicted octanol–water partition coefficient (Wildman–Crippen LogP) is 2.53. The maximum Gasteiger partial charge on any atom is 0.254 e. The van der Waals surface area contributed by atoms with Gasteiger partial charge >= 0.3 is 0 Å². The molecule has 0 bridgehead atoms. The quantitative estimate of drug-likeness (QED) is 0.921. The first-order valence-electron chi connectivity index (χ1n) is 7.00. The van der Waals surface area contributed by atoms with Gasteiger partial charge in [0.1, 0.15) is 5.75 Å². The average Bonchev–Trinajstić information content (AvgIpc) is 2.56. The van der Waals surface area contributed by atoms with E-state index in [1.165, 1.54) is 0 Å². The fraction of sp³-hybridized carbons (Fsp3) is 0.235. The number of hydrogen-bond donors (Lipinski definition) is 1. The number of phenols is 1. The van der Waals surface area contributed by atoms with Crippen molar-refractivity contribution < 1.29 is 14.6 Å². The summed E-state index contributed by atoms with van der Waals surface area (Å²) in [4.78, 5) is 14.1. The number of benzene rings is 2. The Kier molecular flexibility index (Phi) is 3.88. The third-order valence-electron chi connectivity index (χ3n) is 3.63. The molecule has 2 aromatic carbocycles. The number of morpholine rings is 1. The van der Waals surface area contributed by atoms with Crippen LogP contribution >= 0.6 is 0 Å². The van der Waals surface area contributed by atoms with E-state index in [0.717, 1.165) is 11.1 Å². The fourth-order valence-corrected chi connectivity index (χ4v) is 2.41. The molecule has 4 heteroatoms. The summed E-state index contributed by atoms with van der Waals surface area (Å²) in [7, 11) is 0. The molecule has 0 aliphatic carbocycles. The van der Waals surface area contributed by atoms with Gasteiger partial charge in [-0.15, -0.1) is 0 Å². The molecular weight excluding hydrogens is 266 g/mol. The third-order valence-corrected chi connectivity index (χ3v) is 3.63. The summed E-state index contributed by atoms with van der Waals surface area (Å²) >= 11 is 0. The van der Waals surface area contributed by atoms with Gasteiger partial charge in [-0.2, -0.15) is 0 Å². The first-order chi connectivity index (χ1) is 10.2. The highest BCUT2D eigenvalue weighted by atomic mass is 16.5. The summed E-state index contributed by atoms with van der Waals surface area (Å²) in [5.74, 6) is 0.299. The third kappa shape index (κ3) is 3.06. The monoisotopic (exact) mass is 283 g/mol. The average molecular weight is 283 g/mol. The van der Waals surface area contributed by atoms with Crippen LogP contribution in [0, 0.1) is 0 Å². The fourth-order valence-electron chi connectivity index (χ4n) is 2.41. The molecule has 1 saturated heterocycles. The molecule has 21 heavy (non-hydrogen) atoms. The van der Waals surface area contributed by atoms with Gasteiger partial charge in [-0.25, -0.2) is 0 Å². The second-order valence-corrected chi connectivity index (χ2v) is 5.03. The van der Waals surface area contributed by atoms with Crippen LogP contribution in [0.3, 0.4) is 0 Å².